The Morgan fingerprint density at radius 2 is 2.00 bits per heavy atom. The molecule has 1 aliphatic heterocycles. The van der Waals surface area contributed by atoms with Crippen LogP contribution >= 0.6 is 15.9 Å². The molecule has 1 aliphatic carbocycles. The van der Waals surface area contributed by atoms with Gasteiger partial charge in [-0.2, -0.15) is 0 Å². The van der Waals surface area contributed by atoms with Crippen LogP contribution in [0.15, 0.2) is 22.7 Å². The van der Waals surface area contributed by atoms with E-state index in [1.54, 1.807) is 12.1 Å². The van der Waals surface area contributed by atoms with Crippen molar-refractivity contribution in [1.82, 2.24) is 5.32 Å². The minimum Gasteiger partial charge on any atom is -0.382 e. The maximum Gasteiger partial charge on any atom is 0.139 e. The summed E-state index contributed by atoms with van der Waals surface area (Å²) >= 11 is 3.21. The third-order valence-electron chi connectivity index (χ3n) is 4.71. The fraction of sp³-hybridized carbons (Fsp3) is 0.625. The van der Waals surface area contributed by atoms with Crippen LogP contribution in [0.4, 0.5) is 10.1 Å². The van der Waals surface area contributed by atoms with E-state index >= 15 is 0 Å². The van der Waals surface area contributed by atoms with E-state index in [2.05, 4.69) is 26.6 Å². The van der Waals surface area contributed by atoms with Crippen LogP contribution in [0.1, 0.15) is 38.5 Å². The summed E-state index contributed by atoms with van der Waals surface area (Å²) in [6.45, 7) is 1.15. The molecule has 4 heteroatoms. The first-order valence-electron chi connectivity index (χ1n) is 7.69. The highest BCUT2D eigenvalue weighted by molar-refractivity contribution is 9.10. The summed E-state index contributed by atoms with van der Waals surface area (Å²) in [6.07, 6.45) is 7.67. The van der Waals surface area contributed by atoms with Crippen molar-refractivity contribution >= 4 is 21.6 Å². The van der Waals surface area contributed by atoms with Gasteiger partial charge in [-0.25, -0.2) is 4.39 Å². The molecule has 1 heterocycles. The normalized spacial score (nSPS) is 30.4. The zero-order valence-electron chi connectivity index (χ0n) is 11.7. The molecule has 3 atom stereocenters. The first kappa shape index (κ1) is 14.3. The number of nitrogens with one attached hydrogen (secondary N) is 2. The van der Waals surface area contributed by atoms with Gasteiger partial charge in [-0.1, -0.05) is 12.8 Å². The third kappa shape index (κ3) is 3.17. The Hall–Kier alpha value is -0.610. The Balaban J connectivity index is 1.71. The summed E-state index contributed by atoms with van der Waals surface area (Å²) in [5, 5.41) is 7.22. The van der Waals surface area contributed by atoms with E-state index in [0.717, 1.165) is 12.2 Å². The number of benzene rings is 1. The molecule has 2 fully saturated rings. The van der Waals surface area contributed by atoms with Crippen LogP contribution in [-0.4, -0.2) is 18.6 Å². The molecule has 3 unspecified atom stereocenters. The van der Waals surface area contributed by atoms with Crippen LogP contribution in [-0.2, 0) is 0 Å². The van der Waals surface area contributed by atoms with E-state index in [4.69, 9.17) is 0 Å². The standard InChI is InChI=1S/C16H22BrFN2/c17-13-8-7-11(10-14(13)18)20-16-5-2-1-4-12(16)15-6-3-9-19-15/h7-8,10,12,15-16,19-20H,1-6,9H2. The molecule has 0 aromatic heterocycles. The lowest BCUT2D eigenvalue weighted by molar-refractivity contribution is 0.262. The second-order valence-electron chi connectivity index (χ2n) is 6.03. The highest BCUT2D eigenvalue weighted by Crippen LogP contribution is 2.33. The molecule has 0 spiro atoms. The Morgan fingerprint density at radius 3 is 2.75 bits per heavy atom. The van der Waals surface area contributed by atoms with Crippen molar-refractivity contribution in [2.45, 2.75) is 50.6 Å². The molecule has 1 saturated carbocycles. The van der Waals surface area contributed by atoms with E-state index in [9.17, 15) is 4.39 Å². The van der Waals surface area contributed by atoms with Crippen LogP contribution in [0.5, 0.6) is 0 Å². The lowest BCUT2D eigenvalue weighted by atomic mass is 9.79. The molecular weight excluding hydrogens is 319 g/mol. The van der Waals surface area contributed by atoms with Crippen LogP contribution in [0.25, 0.3) is 0 Å². The second kappa shape index (κ2) is 6.44. The van der Waals surface area contributed by atoms with Crippen molar-refractivity contribution in [2.75, 3.05) is 11.9 Å². The fourth-order valence-corrected chi connectivity index (χ4v) is 3.94. The van der Waals surface area contributed by atoms with Crippen molar-refractivity contribution < 1.29 is 4.39 Å². The van der Waals surface area contributed by atoms with E-state index < -0.39 is 0 Å². The second-order valence-corrected chi connectivity index (χ2v) is 6.89. The predicted molar refractivity (Wildman–Crippen MR) is 84.5 cm³/mol. The average Bonchev–Trinajstić information content (AvgIpc) is 2.97. The highest BCUT2D eigenvalue weighted by Gasteiger charge is 2.33. The summed E-state index contributed by atoms with van der Waals surface area (Å²) < 4.78 is 14.2. The monoisotopic (exact) mass is 340 g/mol. The molecule has 2 N–H and O–H groups in total. The molecule has 0 radical (unpaired) electrons. The van der Waals surface area contributed by atoms with E-state index in [0.29, 0.717) is 22.5 Å². The molecule has 0 bridgehead atoms. The maximum atomic E-state index is 13.6. The number of hydrogen-bond donors (Lipinski definition) is 2. The highest BCUT2D eigenvalue weighted by atomic mass is 79.9. The van der Waals surface area contributed by atoms with Crippen molar-refractivity contribution in [3.8, 4) is 0 Å². The lowest BCUT2D eigenvalue weighted by Gasteiger charge is -2.36. The molecule has 1 aromatic carbocycles. The number of rotatable bonds is 3. The molecule has 3 rings (SSSR count). The van der Waals surface area contributed by atoms with Gasteiger partial charge in [-0.3, -0.25) is 0 Å². The largest absolute Gasteiger partial charge is 0.382 e. The molecule has 0 amide bonds. The van der Waals surface area contributed by atoms with Crippen molar-refractivity contribution in [1.29, 1.82) is 0 Å². The average molecular weight is 341 g/mol. The first-order chi connectivity index (χ1) is 9.74. The van der Waals surface area contributed by atoms with Gasteiger partial charge >= 0.3 is 0 Å². The van der Waals surface area contributed by atoms with Crippen molar-refractivity contribution in [2.24, 2.45) is 5.92 Å². The molecule has 2 aliphatic rings. The first-order valence-corrected chi connectivity index (χ1v) is 8.48. The summed E-state index contributed by atoms with van der Waals surface area (Å²) in [6, 6.07) is 6.45. The van der Waals surface area contributed by atoms with Gasteiger partial charge in [0.05, 0.1) is 4.47 Å². The molecule has 110 valence electrons. The molecule has 2 nitrogen and oxygen atoms in total. The Morgan fingerprint density at radius 1 is 1.15 bits per heavy atom. The van der Waals surface area contributed by atoms with Crippen LogP contribution in [0.3, 0.4) is 0 Å². The zero-order valence-corrected chi connectivity index (χ0v) is 13.3. The summed E-state index contributed by atoms with van der Waals surface area (Å²) in [5.41, 5.74) is 0.903. The van der Waals surface area contributed by atoms with Crippen LogP contribution < -0.4 is 10.6 Å². The minimum atomic E-state index is -0.193. The van der Waals surface area contributed by atoms with E-state index in [1.807, 2.05) is 6.07 Å². The number of hydrogen-bond acceptors (Lipinski definition) is 2. The van der Waals surface area contributed by atoms with Gasteiger partial charge in [0.15, 0.2) is 0 Å². The van der Waals surface area contributed by atoms with E-state index in [-0.39, 0.29) is 5.82 Å². The van der Waals surface area contributed by atoms with Gasteiger partial charge in [-0.15, -0.1) is 0 Å². The fourth-order valence-electron chi connectivity index (χ4n) is 3.70. The van der Waals surface area contributed by atoms with Crippen LogP contribution in [0, 0.1) is 11.7 Å². The van der Waals surface area contributed by atoms with Gasteiger partial charge < -0.3 is 10.6 Å². The molecule has 20 heavy (non-hydrogen) atoms. The maximum absolute atomic E-state index is 13.6. The van der Waals surface area contributed by atoms with Gasteiger partial charge in [0.2, 0.25) is 0 Å². The Bertz CT molecular complexity index is 460. The molecular formula is C16H22BrFN2. The van der Waals surface area contributed by atoms with Gasteiger partial charge in [0, 0.05) is 17.8 Å². The van der Waals surface area contributed by atoms with Gasteiger partial charge in [0.1, 0.15) is 5.82 Å². The Labute approximate surface area is 128 Å². The third-order valence-corrected chi connectivity index (χ3v) is 5.35. The SMILES string of the molecule is Fc1cc(NC2CCCCC2C2CCCN2)ccc1Br. The number of halogens is 2. The predicted octanol–water partition coefficient (Wildman–Crippen LogP) is 4.31. The quantitative estimate of drug-likeness (QED) is 0.856. The van der Waals surface area contributed by atoms with Crippen molar-refractivity contribution in [3.05, 3.63) is 28.5 Å². The van der Waals surface area contributed by atoms with Crippen molar-refractivity contribution in [3.63, 3.8) is 0 Å². The smallest absolute Gasteiger partial charge is 0.139 e. The van der Waals surface area contributed by atoms with Crippen LogP contribution in [0.2, 0.25) is 0 Å². The zero-order chi connectivity index (χ0) is 13.9. The topological polar surface area (TPSA) is 24.1 Å². The van der Waals surface area contributed by atoms with Gasteiger partial charge in [-0.05, 0) is 72.3 Å². The van der Waals surface area contributed by atoms with Gasteiger partial charge in [0.25, 0.3) is 0 Å². The molecule has 1 saturated heterocycles. The molecule has 1 aromatic rings. The Kier molecular flexibility index (Phi) is 4.61. The summed E-state index contributed by atoms with van der Waals surface area (Å²) in [7, 11) is 0. The summed E-state index contributed by atoms with van der Waals surface area (Å²) in [5.74, 6) is 0.485. The van der Waals surface area contributed by atoms with E-state index in [1.165, 1.54) is 38.5 Å². The minimum absolute atomic E-state index is 0.193. The lowest BCUT2D eigenvalue weighted by Crippen LogP contribution is -2.43. The number of anilines is 1. The summed E-state index contributed by atoms with van der Waals surface area (Å²) in [4.78, 5) is 0.